The number of aromatic nitrogens is 1. The molecule has 2 unspecified atom stereocenters. The van der Waals surface area contributed by atoms with Crippen molar-refractivity contribution < 1.29 is 0 Å². The van der Waals surface area contributed by atoms with E-state index in [9.17, 15) is 0 Å². The summed E-state index contributed by atoms with van der Waals surface area (Å²) in [7, 11) is 0. The van der Waals surface area contributed by atoms with Gasteiger partial charge in [0.2, 0.25) is 0 Å². The highest BCUT2D eigenvalue weighted by Gasteiger charge is 2.17. The highest BCUT2D eigenvalue weighted by atomic mass is 14.9. The van der Waals surface area contributed by atoms with Crippen molar-refractivity contribution in [2.75, 3.05) is 6.54 Å². The molecule has 0 saturated carbocycles. The van der Waals surface area contributed by atoms with Crippen LogP contribution < -0.4 is 5.32 Å². The van der Waals surface area contributed by atoms with Gasteiger partial charge >= 0.3 is 0 Å². The predicted octanol–water partition coefficient (Wildman–Crippen LogP) is 3.27. The third-order valence-electron chi connectivity index (χ3n) is 3.08. The number of rotatable bonds is 6. The first-order valence-corrected chi connectivity index (χ1v) is 6.36. The van der Waals surface area contributed by atoms with E-state index in [1.807, 2.05) is 0 Å². The molecule has 0 fully saturated rings. The maximum atomic E-state index is 4.61. The van der Waals surface area contributed by atoms with Gasteiger partial charge in [0.1, 0.15) is 0 Å². The van der Waals surface area contributed by atoms with Gasteiger partial charge in [-0.05, 0) is 38.4 Å². The van der Waals surface area contributed by atoms with E-state index in [-0.39, 0.29) is 0 Å². The Bertz CT molecular complexity index is 309. The van der Waals surface area contributed by atoms with Crippen LogP contribution in [0.4, 0.5) is 0 Å². The molecule has 0 bridgehead atoms. The van der Waals surface area contributed by atoms with Crippen LogP contribution in [0.3, 0.4) is 0 Å². The van der Waals surface area contributed by atoms with Crippen molar-refractivity contribution in [3.63, 3.8) is 0 Å². The number of hydrogen-bond donors (Lipinski definition) is 1. The maximum absolute atomic E-state index is 4.61. The monoisotopic (exact) mass is 220 g/mol. The molecule has 1 aromatic rings. The first-order valence-electron chi connectivity index (χ1n) is 6.36. The lowest BCUT2D eigenvalue weighted by atomic mass is 9.95. The molecule has 0 aliphatic heterocycles. The average Bonchev–Trinajstić information content (AvgIpc) is 2.29. The van der Waals surface area contributed by atoms with Gasteiger partial charge in [0.05, 0.1) is 0 Å². The van der Waals surface area contributed by atoms with Gasteiger partial charge < -0.3 is 5.32 Å². The van der Waals surface area contributed by atoms with Gasteiger partial charge in [-0.25, -0.2) is 0 Å². The van der Waals surface area contributed by atoms with Gasteiger partial charge in [-0.3, -0.25) is 4.98 Å². The second-order valence-corrected chi connectivity index (χ2v) is 4.46. The normalized spacial score (nSPS) is 14.8. The number of pyridine rings is 1. The van der Waals surface area contributed by atoms with Crippen molar-refractivity contribution >= 4 is 0 Å². The minimum absolute atomic E-state index is 0.483. The molecule has 90 valence electrons. The quantitative estimate of drug-likeness (QED) is 0.796. The standard InChI is InChI=1S/C14H24N2/c1-5-10-15-13(6-2)12(4)14-9-7-8-11(3)16-14/h7-9,12-13,15H,5-6,10H2,1-4H3. The fraction of sp³-hybridized carbons (Fsp3) is 0.643. The van der Waals surface area contributed by atoms with Crippen molar-refractivity contribution in [2.45, 2.75) is 52.5 Å². The van der Waals surface area contributed by atoms with Gasteiger partial charge in [0, 0.05) is 23.3 Å². The third kappa shape index (κ3) is 3.60. The number of hydrogen-bond acceptors (Lipinski definition) is 2. The lowest BCUT2D eigenvalue weighted by Gasteiger charge is -2.23. The molecule has 1 N–H and O–H groups in total. The predicted molar refractivity (Wildman–Crippen MR) is 69.8 cm³/mol. The molecule has 0 aromatic carbocycles. The lowest BCUT2D eigenvalue weighted by Crippen LogP contribution is -2.34. The van der Waals surface area contributed by atoms with Crippen molar-refractivity contribution in [2.24, 2.45) is 0 Å². The van der Waals surface area contributed by atoms with E-state index in [0.717, 1.165) is 18.7 Å². The number of aryl methyl sites for hydroxylation is 1. The van der Waals surface area contributed by atoms with Crippen molar-refractivity contribution in [3.05, 3.63) is 29.6 Å². The molecular weight excluding hydrogens is 196 g/mol. The molecule has 0 aliphatic carbocycles. The molecule has 1 aromatic heterocycles. The largest absolute Gasteiger partial charge is 0.313 e. The second-order valence-electron chi connectivity index (χ2n) is 4.46. The van der Waals surface area contributed by atoms with Crippen LogP contribution in [0.2, 0.25) is 0 Å². The zero-order valence-corrected chi connectivity index (χ0v) is 11.0. The Kier molecular flexibility index (Phi) is 5.47. The summed E-state index contributed by atoms with van der Waals surface area (Å²) in [6, 6.07) is 6.82. The van der Waals surface area contributed by atoms with Gasteiger partial charge in [-0.15, -0.1) is 0 Å². The van der Waals surface area contributed by atoms with Crippen LogP contribution in [-0.2, 0) is 0 Å². The molecule has 1 heterocycles. The van der Waals surface area contributed by atoms with Crippen LogP contribution in [-0.4, -0.2) is 17.6 Å². The van der Waals surface area contributed by atoms with Gasteiger partial charge in [0.25, 0.3) is 0 Å². The molecule has 16 heavy (non-hydrogen) atoms. The number of nitrogens with zero attached hydrogens (tertiary/aromatic N) is 1. The Morgan fingerprint density at radius 1 is 1.31 bits per heavy atom. The van der Waals surface area contributed by atoms with Crippen molar-refractivity contribution in [3.8, 4) is 0 Å². The summed E-state index contributed by atoms with van der Waals surface area (Å²) in [5.41, 5.74) is 2.31. The van der Waals surface area contributed by atoms with Crippen LogP contribution >= 0.6 is 0 Å². The Hall–Kier alpha value is -0.890. The molecule has 0 aliphatic rings. The first-order chi connectivity index (χ1) is 7.69. The molecular formula is C14H24N2. The van der Waals surface area contributed by atoms with Gasteiger partial charge in [-0.1, -0.05) is 26.8 Å². The molecule has 2 nitrogen and oxygen atoms in total. The Labute approximate surface area is 99.5 Å². The molecule has 2 atom stereocenters. The summed E-state index contributed by atoms with van der Waals surface area (Å²) >= 11 is 0. The molecule has 0 spiro atoms. The molecule has 2 heteroatoms. The van der Waals surface area contributed by atoms with E-state index in [1.165, 1.54) is 12.1 Å². The Morgan fingerprint density at radius 3 is 2.62 bits per heavy atom. The minimum Gasteiger partial charge on any atom is -0.313 e. The van der Waals surface area contributed by atoms with Gasteiger partial charge in [-0.2, -0.15) is 0 Å². The minimum atomic E-state index is 0.483. The molecule has 0 saturated heterocycles. The van der Waals surface area contributed by atoms with Crippen LogP contribution in [0.5, 0.6) is 0 Å². The van der Waals surface area contributed by atoms with E-state index < -0.39 is 0 Å². The van der Waals surface area contributed by atoms with Crippen LogP contribution in [0.25, 0.3) is 0 Å². The third-order valence-corrected chi connectivity index (χ3v) is 3.08. The summed E-state index contributed by atoms with van der Waals surface area (Å²) in [5.74, 6) is 0.483. The summed E-state index contributed by atoms with van der Waals surface area (Å²) in [6.45, 7) is 9.85. The zero-order chi connectivity index (χ0) is 12.0. The van der Waals surface area contributed by atoms with Crippen molar-refractivity contribution in [1.82, 2.24) is 10.3 Å². The zero-order valence-electron chi connectivity index (χ0n) is 11.0. The second kappa shape index (κ2) is 6.64. The SMILES string of the molecule is CCCNC(CC)C(C)c1cccc(C)n1. The van der Waals surface area contributed by atoms with E-state index in [4.69, 9.17) is 0 Å². The Morgan fingerprint density at radius 2 is 2.06 bits per heavy atom. The molecule has 0 radical (unpaired) electrons. The fourth-order valence-electron chi connectivity index (χ4n) is 2.03. The van der Waals surface area contributed by atoms with Crippen LogP contribution in [0, 0.1) is 6.92 Å². The van der Waals surface area contributed by atoms with E-state index in [1.54, 1.807) is 0 Å². The highest BCUT2D eigenvalue weighted by molar-refractivity contribution is 5.15. The number of nitrogens with one attached hydrogen (secondary N) is 1. The van der Waals surface area contributed by atoms with E-state index >= 15 is 0 Å². The van der Waals surface area contributed by atoms with Crippen LogP contribution in [0.15, 0.2) is 18.2 Å². The van der Waals surface area contributed by atoms with E-state index in [0.29, 0.717) is 12.0 Å². The van der Waals surface area contributed by atoms with Crippen LogP contribution in [0.1, 0.15) is 50.9 Å². The topological polar surface area (TPSA) is 24.9 Å². The molecule has 1 rings (SSSR count). The van der Waals surface area contributed by atoms with Crippen molar-refractivity contribution in [1.29, 1.82) is 0 Å². The summed E-state index contributed by atoms with van der Waals surface area (Å²) < 4.78 is 0. The lowest BCUT2D eigenvalue weighted by molar-refractivity contribution is 0.432. The summed E-state index contributed by atoms with van der Waals surface area (Å²) in [4.78, 5) is 4.61. The maximum Gasteiger partial charge on any atom is 0.0450 e. The molecule has 0 amide bonds. The van der Waals surface area contributed by atoms with Gasteiger partial charge in [0.15, 0.2) is 0 Å². The smallest absolute Gasteiger partial charge is 0.0450 e. The highest BCUT2D eigenvalue weighted by Crippen LogP contribution is 2.19. The van der Waals surface area contributed by atoms with E-state index in [2.05, 4.69) is 56.2 Å². The summed E-state index contributed by atoms with van der Waals surface area (Å²) in [6.07, 6.45) is 2.33. The average molecular weight is 220 g/mol. The summed E-state index contributed by atoms with van der Waals surface area (Å²) in [5, 5.41) is 3.60. The Balaban J connectivity index is 2.70. The first kappa shape index (κ1) is 13.2. The fourth-order valence-corrected chi connectivity index (χ4v) is 2.03.